The van der Waals surface area contributed by atoms with E-state index < -0.39 is 9.84 Å². The third kappa shape index (κ3) is 1.92. The van der Waals surface area contributed by atoms with Crippen LogP contribution in [0.4, 0.5) is 5.82 Å². The Labute approximate surface area is 93.2 Å². The summed E-state index contributed by atoms with van der Waals surface area (Å²) in [5.41, 5.74) is 7.09. The van der Waals surface area contributed by atoms with Crippen LogP contribution in [-0.2, 0) is 9.84 Å². The van der Waals surface area contributed by atoms with Crippen molar-refractivity contribution in [2.75, 3.05) is 12.0 Å². The van der Waals surface area contributed by atoms with Gasteiger partial charge in [0.2, 0.25) is 0 Å². The quantitative estimate of drug-likeness (QED) is 0.817. The standard InChI is InChI=1S/C10H11N3O2S/c1-16(14,15)8-4-2-3-7(5-8)9-6-12-13-10(9)11/h2-6H,1H3,(H3,11,12,13). The van der Waals surface area contributed by atoms with Crippen molar-refractivity contribution in [1.82, 2.24) is 10.2 Å². The van der Waals surface area contributed by atoms with Crippen LogP contribution in [0, 0.1) is 0 Å². The summed E-state index contributed by atoms with van der Waals surface area (Å²) < 4.78 is 22.8. The third-order valence-corrected chi connectivity index (χ3v) is 3.35. The smallest absolute Gasteiger partial charge is 0.175 e. The molecule has 1 aromatic carbocycles. The fraction of sp³-hybridized carbons (Fsp3) is 0.100. The minimum atomic E-state index is -3.20. The molecule has 0 aliphatic carbocycles. The molecule has 1 aromatic heterocycles. The summed E-state index contributed by atoms with van der Waals surface area (Å²) in [7, 11) is -3.20. The summed E-state index contributed by atoms with van der Waals surface area (Å²) in [6.45, 7) is 0. The summed E-state index contributed by atoms with van der Waals surface area (Å²) in [5.74, 6) is 0.422. The van der Waals surface area contributed by atoms with Gasteiger partial charge in [0.05, 0.1) is 11.1 Å². The van der Waals surface area contributed by atoms with Gasteiger partial charge in [0, 0.05) is 11.8 Å². The Morgan fingerprint density at radius 1 is 1.38 bits per heavy atom. The minimum Gasteiger partial charge on any atom is -0.384 e. The molecule has 0 spiro atoms. The molecule has 84 valence electrons. The number of sulfone groups is 1. The molecule has 6 heteroatoms. The van der Waals surface area contributed by atoms with Gasteiger partial charge in [-0.1, -0.05) is 12.1 Å². The van der Waals surface area contributed by atoms with Crippen LogP contribution in [0.15, 0.2) is 35.4 Å². The van der Waals surface area contributed by atoms with Crippen molar-refractivity contribution in [2.24, 2.45) is 0 Å². The Hall–Kier alpha value is -1.82. The molecular weight excluding hydrogens is 226 g/mol. The third-order valence-electron chi connectivity index (χ3n) is 2.24. The normalized spacial score (nSPS) is 11.6. The molecule has 0 fully saturated rings. The van der Waals surface area contributed by atoms with Crippen molar-refractivity contribution in [3.05, 3.63) is 30.5 Å². The molecule has 0 radical (unpaired) electrons. The molecule has 3 N–H and O–H groups in total. The summed E-state index contributed by atoms with van der Waals surface area (Å²) in [6.07, 6.45) is 2.74. The number of nitrogens with one attached hydrogen (secondary N) is 1. The molecular formula is C10H11N3O2S. The first kappa shape index (κ1) is 10.7. The van der Waals surface area contributed by atoms with E-state index in [9.17, 15) is 8.42 Å². The Morgan fingerprint density at radius 3 is 2.69 bits per heavy atom. The fourth-order valence-corrected chi connectivity index (χ4v) is 2.09. The molecule has 0 bridgehead atoms. The second-order valence-corrected chi connectivity index (χ2v) is 5.51. The number of hydrogen-bond acceptors (Lipinski definition) is 4. The number of benzene rings is 1. The number of nitrogens with zero attached hydrogens (tertiary/aromatic N) is 1. The molecule has 0 aliphatic heterocycles. The van der Waals surface area contributed by atoms with Crippen LogP contribution in [0.2, 0.25) is 0 Å². The lowest BCUT2D eigenvalue weighted by atomic mass is 10.1. The van der Waals surface area contributed by atoms with Gasteiger partial charge in [-0.25, -0.2) is 8.42 Å². The Balaban J connectivity index is 2.57. The zero-order valence-corrected chi connectivity index (χ0v) is 9.45. The SMILES string of the molecule is CS(=O)(=O)c1cccc(-c2cn[nH]c2N)c1. The van der Waals surface area contributed by atoms with Gasteiger partial charge in [-0.05, 0) is 17.7 Å². The van der Waals surface area contributed by atoms with Gasteiger partial charge in [0.15, 0.2) is 9.84 Å². The maximum absolute atomic E-state index is 11.4. The van der Waals surface area contributed by atoms with Crippen LogP contribution in [0.25, 0.3) is 11.1 Å². The largest absolute Gasteiger partial charge is 0.384 e. The molecule has 16 heavy (non-hydrogen) atoms. The molecule has 5 nitrogen and oxygen atoms in total. The monoisotopic (exact) mass is 237 g/mol. The van der Waals surface area contributed by atoms with Gasteiger partial charge in [-0.3, -0.25) is 5.10 Å². The van der Waals surface area contributed by atoms with Crippen molar-refractivity contribution >= 4 is 15.7 Å². The highest BCUT2D eigenvalue weighted by molar-refractivity contribution is 7.90. The fourth-order valence-electron chi connectivity index (χ4n) is 1.42. The number of rotatable bonds is 2. The highest BCUT2D eigenvalue weighted by atomic mass is 32.2. The van der Waals surface area contributed by atoms with Gasteiger partial charge in [0.25, 0.3) is 0 Å². The second kappa shape index (κ2) is 3.64. The van der Waals surface area contributed by atoms with E-state index in [1.165, 1.54) is 6.26 Å². The van der Waals surface area contributed by atoms with Crippen LogP contribution in [0.5, 0.6) is 0 Å². The number of aromatic amines is 1. The number of H-pyrrole nitrogens is 1. The molecule has 0 amide bonds. The van der Waals surface area contributed by atoms with E-state index >= 15 is 0 Å². The molecule has 0 saturated carbocycles. The van der Waals surface area contributed by atoms with Crippen LogP contribution >= 0.6 is 0 Å². The Morgan fingerprint density at radius 2 is 2.12 bits per heavy atom. The Kier molecular flexibility index (Phi) is 2.43. The van der Waals surface area contributed by atoms with E-state index in [0.717, 1.165) is 5.56 Å². The van der Waals surface area contributed by atoms with Crippen molar-refractivity contribution in [1.29, 1.82) is 0 Å². The summed E-state index contributed by atoms with van der Waals surface area (Å²) in [6, 6.07) is 6.60. The first-order valence-corrected chi connectivity index (χ1v) is 6.47. The van der Waals surface area contributed by atoms with Gasteiger partial charge in [-0.15, -0.1) is 0 Å². The summed E-state index contributed by atoms with van der Waals surface area (Å²) in [5, 5.41) is 6.39. The van der Waals surface area contributed by atoms with E-state index in [1.807, 2.05) is 0 Å². The van der Waals surface area contributed by atoms with E-state index in [1.54, 1.807) is 30.5 Å². The number of anilines is 1. The van der Waals surface area contributed by atoms with Crippen LogP contribution in [0.3, 0.4) is 0 Å². The first-order valence-electron chi connectivity index (χ1n) is 4.58. The minimum absolute atomic E-state index is 0.269. The van der Waals surface area contributed by atoms with Crippen LogP contribution in [0.1, 0.15) is 0 Å². The zero-order valence-electron chi connectivity index (χ0n) is 8.64. The first-order chi connectivity index (χ1) is 7.48. The maximum Gasteiger partial charge on any atom is 0.175 e. The van der Waals surface area contributed by atoms with Crippen LogP contribution in [-0.4, -0.2) is 24.9 Å². The highest BCUT2D eigenvalue weighted by Gasteiger charge is 2.10. The predicted molar refractivity (Wildman–Crippen MR) is 61.5 cm³/mol. The average molecular weight is 237 g/mol. The number of nitrogens with two attached hydrogens (primary N) is 1. The number of nitrogen functional groups attached to an aromatic ring is 1. The van der Waals surface area contributed by atoms with Crippen molar-refractivity contribution in [3.63, 3.8) is 0 Å². The molecule has 2 rings (SSSR count). The maximum atomic E-state index is 11.4. The summed E-state index contributed by atoms with van der Waals surface area (Å²) >= 11 is 0. The molecule has 0 saturated heterocycles. The van der Waals surface area contributed by atoms with Crippen LogP contribution < -0.4 is 5.73 Å². The Bertz CT molecular complexity index is 616. The molecule has 1 heterocycles. The summed E-state index contributed by atoms with van der Waals surface area (Å²) in [4.78, 5) is 0.269. The van der Waals surface area contributed by atoms with E-state index in [4.69, 9.17) is 5.73 Å². The van der Waals surface area contributed by atoms with E-state index in [2.05, 4.69) is 10.2 Å². The average Bonchev–Trinajstić information content (AvgIpc) is 2.63. The molecule has 0 unspecified atom stereocenters. The lowest BCUT2D eigenvalue weighted by molar-refractivity contribution is 0.602. The topological polar surface area (TPSA) is 88.8 Å². The second-order valence-electron chi connectivity index (χ2n) is 3.50. The lowest BCUT2D eigenvalue weighted by Gasteiger charge is -2.02. The van der Waals surface area contributed by atoms with E-state index in [-0.39, 0.29) is 4.90 Å². The molecule has 2 aromatic rings. The lowest BCUT2D eigenvalue weighted by Crippen LogP contribution is -1.97. The van der Waals surface area contributed by atoms with Gasteiger partial charge in [0.1, 0.15) is 5.82 Å². The predicted octanol–water partition coefficient (Wildman–Crippen LogP) is 1.06. The van der Waals surface area contributed by atoms with Gasteiger partial charge >= 0.3 is 0 Å². The van der Waals surface area contributed by atoms with Crippen molar-refractivity contribution < 1.29 is 8.42 Å². The van der Waals surface area contributed by atoms with Crippen molar-refractivity contribution in [3.8, 4) is 11.1 Å². The van der Waals surface area contributed by atoms with E-state index in [0.29, 0.717) is 11.4 Å². The van der Waals surface area contributed by atoms with Gasteiger partial charge in [-0.2, -0.15) is 5.10 Å². The number of hydrogen-bond donors (Lipinski definition) is 2. The molecule has 0 atom stereocenters. The van der Waals surface area contributed by atoms with Gasteiger partial charge < -0.3 is 5.73 Å². The highest BCUT2D eigenvalue weighted by Crippen LogP contribution is 2.25. The molecule has 0 aliphatic rings. The van der Waals surface area contributed by atoms with Crippen molar-refractivity contribution in [2.45, 2.75) is 4.90 Å². The zero-order chi connectivity index (χ0) is 11.8. The number of aromatic nitrogens is 2.